The van der Waals surface area contributed by atoms with Crippen LogP contribution in [0, 0.1) is 12.3 Å². The van der Waals surface area contributed by atoms with E-state index in [-0.39, 0.29) is 0 Å². The molecule has 0 aromatic heterocycles. The van der Waals surface area contributed by atoms with Crippen LogP contribution in [0.1, 0.15) is 16.7 Å². The highest BCUT2D eigenvalue weighted by Gasteiger charge is 2.24. The molecule has 0 N–H and O–H groups in total. The Morgan fingerprint density at radius 2 is 1.35 bits per heavy atom. The zero-order chi connectivity index (χ0) is 15.5. The Morgan fingerprint density at radius 1 is 0.696 bits per heavy atom. The van der Waals surface area contributed by atoms with Crippen LogP contribution < -0.4 is 0 Å². The molecule has 1 aliphatic heterocycles. The third-order valence-corrected chi connectivity index (χ3v) is 4.28. The summed E-state index contributed by atoms with van der Waals surface area (Å²) < 4.78 is 0. The summed E-state index contributed by atoms with van der Waals surface area (Å²) in [6.45, 7) is 0. The highest BCUT2D eigenvalue weighted by molar-refractivity contribution is 6.06. The van der Waals surface area contributed by atoms with Crippen molar-refractivity contribution < 1.29 is 0 Å². The molecule has 111 valence electrons. The average molecular weight is 296 g/mol. The van der Waals surface area contributed by atoms with Crippen LogP contribution in [0.25, 0.3) is 0 Å². The molecule has 4 rings (SSSR count). The van der Waals surface area contributed by atoms with Gasteiger partial charge in [0.25, 0.3) is 0 Å². The van der Waals surface area contributed by atoms with Crippen LogP contribution in [-0.2, 0) is 6.42 Å². The second-order valence-corrected chi connectivity index (χ2v) is 5.88. The summed E-state index contributed by atoms with van der Waals surface area (Å²) in [6, 6.07) is 29.5. The van der Waals surface area contributed by atoms with Crippen molar-refractivity contribution in [2.75, 3.05) is 0 Å². The lowest BCUT2D eigenvalue weighted by molar-refractivity contribution is 0.793. The predicted octanol–water partition coefficient (Wildman–Crippen LogP) is 5.23. The van der Waals surface area contributed by atoms with E-state index in [0.29, 0.717) is 5.92 Å². The predicted molar refractivity (Wildman–Crippen MR) is 96.1 cm³/mol. The number of hydrogen-bond acceptors (Lipinski definition) is 1. The lowest BCUT2D eigenvalue weighted by atomic mass is 9.83. The van der Waals surface area contributed by atoms with E-state index in [1.54, 1.807) is 0 Å². The van der Waals surface area contributed by atoms with Gasteiger partial charge in [-0.1, -0.05) is 78.9 Å². The zero-order valence-corrected chi connectivity index (χ0v) is 12.9. The first kappa shape index (κ1) is 14.0. The SMILES string of the molecule is [CH]1c2ccccc2N=C(c2ccccc2)C1Cc1ccccc1. The van der Waals surface area contributed by atoms with E-state index in [2.05, 4.69) is 91.3 Å². The molecule has 1 heteroatoms. The van der Waals surface area contributed by atoms with Gasteiger partial charge in [0.2, 0.25) is 0 Å². The molecule has 23 heavy (non-hydrogen) atoms. The van der Waals surface area contributed by atoms with Crippen LogP contribution in [-0.4, -0.2) is 5.71 Å². The Hall–Kier alpha value is -2.67. The summed E-state index contributed by atoms with van der Waals surface area (Å²) in [7, 11) is 0. The molecule has 1 aliphatic rings. The Labute approximate surface area is 137 Å². The van der Waals surface area contributed by atoms with Crippen molar-refractivity contribution in [1.29, 1.82) is 0 Å². The fraction of sp³-hybridized carbons (Fsp3) is 0.0909. The summed E-state index contributed by atoms with van der Waals surface area (Å²) in [6.07, 6.45) is 3.33. The van der Waals surface area contributed by atoms with Gasteiger partial charge in [0.15, 0.2) is 0 Å². The quantitative estimate of drug-likeness (QED) is 0.627. The molecular formula is C22H18N. The fourth-order valence-corrected chi connectivity index (χ4v) is 3.15. The second-order valence-electron chi connectivity index (χ2n) is 5.88. The van der Waals surface area contributed by atoms with Crippen molar-refractivity contribution >= 4 is 11.4 Å². The Bertz CT molecular complexity index is 819. The average Bonchev–Trinajstić information content (AvgIpc) is 2.63. The number of para-hydroxylation sites is 1. The summed E-state index contributed by atoms with van der Waals surface area (Å²) >= 11 is 0. The van der Waals surface area contributed by atoms with Crippen molar-refractivity contribution in [3.05, 3.63) is 108 Å². The van der Waals surface area contributed by atoms with Crippen molar-refractivity contribution in [1.82, 2.24) is 0 Å². The van der Waals surface area contributed by atoms with Gasteiger partial charge >= 0.3 is 0 Å². The van der Waals surface area contributed by atoms with E-state index in [0.717, 1.165) is 17.8 Å². The van der Waals surface area contributed by atoms with E-state index in [1.807, 2.05) is 0 Å². The molecule has 0 bridgehead atoms. The third-order valence-electron chi connectivity index (χ3n) is 4.28. The highest BCUT2D eigenvalue weighted by Crippen LogP contribution is 2.33. The van der Waals surface area contributed by atoms with Crippen LogP contribution in [0.4, 0.5) is 5.69 Å². The molecule has 3 aromatic carbocycles. The van der Waals surface area contributed by atoms with Gasteiger partial charge in [-0.05, 0) is 29.2 Å². The molecule has 3 aromatic rings. The molecule has 0 fully saturated rings. The van der Waals surface area contributed by atoms with Gasteiger partial charge in [-0.3, -0.25) is 4.99 Å². The minimum absolute atomic E-state index is 0.301. The maximum atomic E-state index is 4.98. The molecule has 0 saturated heterocycles. The zero-order valence-electron chi connectivity index (χ0n) is 12.9. The van der Waals surface area contributed by atoms with Gasteiger partial charge < -0.3 is 0 Å². The van der Waals surface area contributed by atoms with E-state index < -0.39 is 0 Å². The monoisotopic (exact) mass is 296 g/mol. The van der Waals surface area contributed by atoms with Gasteiger partial charge in [-0.15, -0.1) is 0 Å². The summed E-state index contributed by atoms with van der Waals surface area (Å²) in [5.41, 5.74) is 6.01. The van der Waals surface area contributed by atoms with Crippen molar-refractivity contribution in [2.45, 2.75) is 6.42 Å². The minimum Gasteiger partial charge on any atom is -0.252 e. The summed E-state index contributed by atoms with van der Waals surface area (Å²) in [5.74, 6) is 0.301. The maximum Gasteiger partial charge on any atom is 0.0668 e. The molecular weight excluding hydrogens is 278 g/mol. The Morgan fingerprint density at radius 3 is 2.13 bits per heavy atom. The maximum absolute atomic E-state index is 4.98. The summed E-state index contributed by atoms with van der Waals surface area (Å²) in [5, 5.41) is 0. The molecule has 0 amide bonds. The minimum atomic E-state index is 0.301. The first-order chi connectivity index (χ1) is 11.4. The number of fused-ring (bicyclic) bond motifs is 1. The van der Waals surface area contributed by atoms with Crippen molar-refractivity contribution in [3.8, 4) is 0 Å². The fourth-order valence-electron chi connectivity index (χ4n) is 3.15. The number of rotatable bonds is 3. The molecule has 1 unspecified atom stereocenters. The van der Waals surface area contributed by atoms with E-state index in [4.69, 9.17) is 4.99 Å². The van der Waals surface area contributed by atoms with Gasteiger partial charge in [0, 0.05) is 12.3 Å². The van der Waals surface area contributed by atoms with Gasteiger partial charge in [0.05, 0.1) is 11.4 Å². The smallest absolute Gasteiger partial charge is 0.0668 e. The largest absolute Gasteiger partial charge is 0.252 e. The number of benzene rings is 3. The standard InChI is InChI=1S/C22H18N/c1-3-9-17(10-4-1)15-20-16-19-13-7-8-14-21(19)23-22(20)18-11-5-2-6-12-18/h1-14,16,20H,15H2. The number of aliphatic imine (C=N–C) groups is 1. The lowest BCUT2D eigenvalue weighted by Gasteiger charge is -2.25. The lowest BCUT2D eigenvalue weighted by Crippen LogP contribution is -2.22. The normalized spacial score (nSPS) is 16.5. The molecule has 1 radical (unpaired) electrons. The molecule has 0 saturated carbocycles. The van der Waals surface area contributed by atoms with Crippen LogP contribution in [0.15, 0.2) is 89.9 Å². The van der Waals surface area contributed by atoms with E-state index in [1.165, 1.54) is 16.7 Å². The topological polar surface area (TPSA) is 12.4 Å². The van der Waals surface area contributed by atoms with Crippen LogP contribution in [0.5, 0.6) is 0 Å². The summed E-state index contributed by atoms with van der Waals surface area (Å²) in [4.78, 5) is 4.98. The molecule has 1 atom stereocenters. The van der Waals surface area contributed by atoms with Gasteiger partial charge in [-0.2, -0.15) is 0 Å². The first-order valence-electron chi connectivity index (χ1n) is 8.02. The third kappa shape index (κ3) is 2.95. The Kier molecular flexibility index (Phi) is 3.77. The first-order valence-corrected chi connectivity index (χ1v) is 8.02. The molecule has 0 spiro atoms. The number of hydrogen-bond donors (Lipinski definition) is 0. The van der Waals surface area contributed by atoms with Crippen molar-refractivity contribution in [3.63, 3.8) is 0 Å². The van der Waals surface area contributed by atoms with Gasteiger partial charge in [0.1, 0.15) is 0 Å². The highest BCUT2D eigenvalue weighted by atomic mass is 14.8. The van der Waals surface area contributed by atoms with E-state index >= 15 is 0 Å². The van der Waals surface area contributed by atoms with Crippen LogP contribution in [0.2, 0.25) is 0 Å². The van der Waals surface area contributed by atoms with Crippen LogP contribution >= 0.6 is 0 Å². The van der Waals surface area contributed by atoms with Crippen LogP contribution in [0.3, 0.4) is 0 Å². The Balaban J connectivity index is 1.75. The molecule has 1 nitrogen and oxygen atoms in total. The van der Waals surface area contributed by atoms with Crippen molar-refractivity contribution in [2.24, 2.45) is 10.9 Å². The van der Waals surface area contributed by atoms with Gasteiger partial charge in [-0.25, -0.2) is 0 Å². The second kappa shape index (κ2) is 6.21. The molecule has 0 aliphatic carbocycles. The van der Waals surface area contributed by atoms with E-state index in [9.17, 15) is 0 Å². The molecule has 1 heterocycles. The number of nitrogens with zero attached hydrogens (tertiary/aromatic N) is 1.